The first kappa shape index (κ1) is 12.7. The number of nitrogens with one attached hydrogen (secondary N) is 1. The van der Waals surface area contributed by atoms with Crippen LogP contribution in [0.5, 0.6) is 0 Å². The second-order valence-corrected chi connectivity index (χ2v) is 4.25. The van der Waals surface area contributed by atoms with Gasteiger partial charge in [-0.15, -0.1) is 0 Å². The van der Waals surface area contributed by atoms with E-state index in [-0.39, 0.29) is 12.6 Å². The molecule has 0 saturated heterocycles. The molecule has 1 unspecified atom stereocenters. The highest BCUT2D eigenvalue weighted by Gasteiger charge is 2.09. The molecule has 3 nitrogen and oxygen atoms in total. The number of aryl methyl sites for hydroxylation is 1. The molecule has 0 aliphatic carbocycles. The lowest BCUT2D eigenvalue weighted by molar-refractivity contribution is 0.524. The van der Waals surface area contributed by atoms with E-state index in [9.17, 15) is 8.78 Å². The predicted octanol–water partition coefficient (Wildman–Crippen LogP) is 2.55. The second-order valence-electron chi connectivity index (χ2n) is 4.25. The van der Waals surface area contributed by atoms with Crippen molar-refractivity contribution in [2.24, 2.45) is 7.05 Å². The Morgan fingerprint density at radius 3 is 2.78 bits per heavy atom. The van der Waals surface area contributed by atoms with Crippen LogP contribution in [0, 0.1) is 11.6 Å². The number of hydrogen-bond donors (Lipinski definition) is 1. The van der Waals surface area contributed by atoms with Gasteiger partial charge in [-0.3, -0.25) is 4.68 Å². The van der Waals surface area contributed by atoms with Crippen molar-refractivity contribution in [2.45, 2.75) is 19.5 Å². The van der Waals surface area contributed by atoms with Crippen LogP contribution in [0.25, 0.3) is 0 Å². The molecular weight excluding hydrogens is 236 g/mol. The van der Waals surface area contributed by atoms with Gasteiger partial charge in [-0.1, -0.05) is 0 Å². The third-order valence-electron chi connectivity index (χ3n) is 2.78. The summed E-state index contributed by atoms with van der Waals surface area (Å²) in [6, 6.07) is 5.32. The highest BCUT2D eigenvalue weighted by Crippen LogP contribution is 2.13. The first-order valence-corrected chi connectivity index (χ1v) is 5.73. The average molecular weight is 251 g/mol. The Hall–Kier alpha value is -1.75. The fraction of sp³-hybridized carbons (Fsp3) is 0.308. The summed E-state index contributed by atoms with van der Waals surface area (Å²) in [7, 11) is 1.84. The Kier molecular flexibility index (Phi) is 3.72. The van der Waals surface area contributed by atoms with Gasteiger partial charge in [-0.2, -0.15) is 5.10 Å². The Labute approximate surface area is 104 Å². The van der Waals surface area contributed by atoms with Gasteiger partial charge in [0, 0.05) is 31.4 Å². The minimum absolute atomic E-state index is 0.0196. The molecule has 0 bridgehead atoms. The van der Waals surface area contributed by atoms with Gasteiger partial charge in [-0.05, 0) is 31.2 Å². The smallest absolute Gasteiger partial charge is 0.127 e. The second kappa shape index (κ2) is 5.27. The zero-order valence-corrected chi connectivity index (χ0v) is 10.3. The first-order valence-electron chi connectivity index (χ1n) is 5.73. The fourth-order valence-electron chi connectivity index (χ4n) is 1.71. The van der Waals surface area contributed by atoms with E-state index in [1.165, 1.54) is 6.07 Å². The molecule has 0 amide bonds. The number of rotatable bonds is 4. The summed E-state index contributed by atoms with van der Waals surface area (Å²) < 4.78 is 28.1. The standard InChI is InChI=1S/C13H15F2N3/c1-9(13-5-6-18(2)17-13)16-8-10-7-11(14)3-4-12(10)15/h3-7,9,16H,8H2,1-2H3. The summed E-state index contributed by atoms with van der Waals surface area (Å²) in [6.45, 7) is 2.20. The molecule has 0 radical (unpaired) electrons. The van der Waals surface area contributed by atoms with E-state index in [2.05, 4.69) is 10.4 Å². The normalized spacial score (nSPS) is 12.7. The van der Waals surface area contributed by atoms with E-state index >= 15 is 0 Å². The summed E-state index contributed by atoms with van der Waals surface area (Å²) in [5.74, 6) is -0.837. The van der Waals surface area contributed by atoms with Gasteiger partial charge in [-0.25, -0.2) is 8.78 Å². The predicted molar refractivity (Wildman–Crippen MR) is 64.8 cm³/mol. The molecule has 96 valence electrons. The minimum atomic E-state index is -0.432. The molecule has 18 heavy (non-hydrogen) atoms. The van der Waals surface area contributed by atoms with Crippen LogP contribution in [-0.2, 0) is 13.6 Å². The molecule has 2 aromatic rings. The molecule has 1 heterocycles. The highest BCUT2D eigenvalue weighted by atomic mass is 19.1. The van der Waals surface area contributed by atoms with Crippen LogP contribution in [-0.4, -0.2) is 9.78 Å². The van der Waals surface area contributed by atoms with E-state index in [1.54, 1.807) is 4.68 Å². The third-order valence-corrected chi connectivity index (χ3v) is 2.78. The van der Waals surface area contributed by atoms with Crippen molar-refractivity contribution in [1.29, 1.82) is 0 Å². The maximum Gasteiger partial charge on any atom is 0.127 e. The Balaban J connectivity index is 2.01. The van der Waals surface area contributed by atoms with Crippen LogP contribution in [0.3, 0.4) is 0 Å². The lowest BCUT2D eigenvalue weighted by atomic mass is 10.2. The van der Waals surface area contributed by atoms with Crippen LogP contribution in [0.15, 0.2) is 30.5 Å². The summed E-state index contributed by atoms with van der Waals surface area (Å²) in [6.07, 6.45) is 1.84. The van der Waals surface area contributed by atoms with Crippen LogP contribution in [0.2, 0.25) is 0 Å². The van der Waals surface area contributed by atoms with Crippen LogP contribution in [0.1, 0.15) is 24.2 Å². The van der Waals surface area contributed by atoms with Gasteiger partial charge in [0.1, 0.15) is 11.6 Å². The summed E-state index contributed by atoms with van der Waals surface area (Å²) in [5, 5.41) is 7.36. The molecular formula is C13H15F2N3. The van der Waals surface area contributed by atoms with E-state index in [0.29, 0.717) is 5.56 Å². The largest absolute Gasteiger partial charge is 0.305 e. The molecule has 0 saturated carbocycles. The van der Waals surface area contributed by atoms with Crippen molar-refractivity contribution in [1.82, 2.24) is 15.1 Å². The number of benzene rings is 1. The lowest BCUT2D eigenvalue weighted by Gasteiger charge is -2.12. The van der Waals surface area contributed by atoms with E-state index < -0.39 is 11.6 Å². The van der Waals surface area contributed by atoms with Crippen molar-refractivity contribution >= 4 is 0 Å². The topological polar surface area (TPSA) is 29.9 Å². The Morgan fingerprint density at radius 2 is 2.11 bits per heavy atom. The van der Waals surface area contributed by atoms with Crippen LogP contribution in [0.4, 0.5) is 8.78 Å². The Bertz CT molecular complexity index is 537. The maximum absolute atomic E-state index is 13.4. The molecule has 1 atom stereocenters. The molecule has 0 spiro atoms. The molecule has 1 N–H and O–H groups in total. The summed E-state index contributed by atoms with van der Waals surface area (Å²) in [4.78, 5) is 0. The SMILES string of the molecule is CC(NCc1cc(F)ccc1F)c1ccn(C)n1. The van der Waals surface area contributed by atoms with E-state index in [1.807, 2.05) is 26.2 Å². The maximum atomic E-state index is 13.4. The van der Waals surface area contributed by atoms with E-state index in [4.69, 9.17) is 0 Å². The van der Waals surface area contributed by atoms with Crippen molar-refractivity contribution in [3.05, 3.63) is 53.4 Å². The van der Waals surface area contributed by atoms with Crippen molar-refractivity contribution in [3.8, 4) is 0 Å². The van der Waals surface area contributed by atoms with E-state index in [0.717, 1.165) is 17.8 Å². The van der Waals surface area contributed by atoms with Gasteiger partial charge in [0.25, 0.3) is 0 Å². The quantitative estimate of drug-likeness (QED) is 0.905. The fourth-order valence-corrected chi connectivity index (χ4v) is 1.71. The monoisotopic (exact) mass is 251 g/mol. The summed E-state index contributed by atoms with van der Waals surface area (Å²) in [5.41, 5.74) is 1.19. The molecule has 1 aromatic carbocycles. The zero-order chi connectivity index (χ0) is 13.1. The molecule has 5 heteroatoms. The third kappa shape index (κ3) is 2.92. The van der Waals surface area contributed by atoms with Gasteiger partial charge in [0.2, 0.25) is 0 Å². The number of nitrogens with zero attached hydrogens (tertiary/aromatic N) is 2. The van der Waals surface area contributed by atoms with Gasteiger partial charge >= 0.3 is 0 Å². The first-order chi connectivity index (χ1) is 8.56. The molecule has 0 fully saturated rings. The van der Waals surface area contributed by atoms with Crippen molar-refractivity contribution in [2.75, 3.05) is 0 Å². The van der Waals surface area contributed by atoms with Gasteiger partial charge < -0.3 is 5.32 Å². The van der Waals surface area contributed by atoms with Crippen molar-refractivity contribution in [3.63, 3.8) is 0 Å². The Morgan fingerprint density at radius 1 is 1.33 bits per heavy atom. The highest BCUT2D eigenvalue weighted by molar-refractivity contribution is 5.19. The number of hydrogen-bond acceptors (Lipinski definition) is 2. The van der Waals surface area contributed by atoms with Gasteiger partial charge in [0.05, 0.1) is 5.69 Å². The zero-order valence-electron chi connectivity index (χ0n) is 10.3. The minimum Gasteiger partial charge on any atom is -0.305 e. The number of halogens is 2. The molecule has 1 aromatic heterocycles. The van der Waals surface area contributed by atoms with Crippen molar-refractivity contribution < 1.29 is 8.78 Å². The molecule has 0 aliphatic rings. The summed E-state index contributed by atoms with van der Waals surface area (Å²) >= 11 is 0. The lowest BCUT2D eigenvalue weighted by Crippen LogP contribution is -2.19. The number of aromatic nitrogens is 2. The van der Waals surface area contributed by atoms with Crippen LogP contribution < -0.4 is 5.32 Å². The molecule has 2 rings (SSSR count). The van der Waals surface area contributed by atoms with Gasteiger partial charge in [0.15, 0.2) is 0 Å². The average Bonchev–Trinajstić information content (AvgIpc) is 2.77. The molecule has 0 aliphatic heterocycles. The van der Waals surface area contributed by atoms with Crippen LogP contribution >= 0.6 is 0 Å².